The van der Waals surface area contributed by atoms with Crippen molar-refractivity contribution >= 4 is 41.3 Å². The minimum absolute atomic E-state index is 0. The van der Waals surface area contributed by atoms with Crippen LogP contribution in [0.25, 0.3) is 0 Å². The fraction of sp³-hybridized carbons (Fsp3) is 0.500. The Bertz CT molecular complexity index is 790. The summed E-state index contributed by atoms with van der Waals surface area (Å²) < 4.78 is 35.8. The first kappa shape index (κ1) is 26.3. The van der Waals surface area contributed by atoms with E-state index in [1.165, 1.54) is 6.07 Å². The first-order valence-electron chi connectivity index (χ1n) is 9.65. The zero-order valence-electron chi connectivity index (χ0n) is 17.4. The Kier molecular flexibility index (Phi) is 12.6. The van der Waals surface area contributed by atoms with Gasteiger partial charge in [-0.2, -0.15) is 8.78 Å². The van der Waals surface area contributed by atoms with Crippen LogP contribution < -0.4 is 20.1 Å². The Balaban J connectivity index is 0.00000450. The highest BCUT2D eigenvalue weighted by Gasteiger charge is 2.12. The molecule has 0 unspecified atom stereocenters. The number of thiazole rings is 1. The monoisotopic (exact) mass is 554 g/mol. The largest absolute Gasteiger partial charge is 0.493 e. The van der Waals surface area contributed by atoms with Crippen LogP contribution in [0.4, 0.5) is 8.78 Å². The van der Waals surface area contributed by atoms with E-state index in [4.69, 9.17) is 4.74 Å². The van der Waals surface area contributed by atoms with Crippen molar-refractivity contribution in [3.63, 3.8) is 0 Å². The predicted octanol–water partition coefficient (Wildman–Crippen LogP) is 4.76. The van der Waals surface area contributed by atoms with Crippen molar-refractivity contribution in [1.82, 2.24) is 15.6 Å². The number of aromatic nitrogens is 1. The first-order valence-corrected chi connectivity index (χ1v) is 10.5. The van der Waals surface area contributed by atoms with E-state index in [2.05, 4.69) is 25.3 Å². The number of benzene rings is 1. The van der Waals surface area contributed by atoms with Gasteiger partial charge >= 0.3 is 6.61 Å². The van der Waals surface area contributed by atoms with Crippen LogP contribution in [0, 0.1) is 6.92 Å². The topological polar surface area (TPSA) is 67.8 Å². The summed E-state index contributed by atoms with van der Waals surface area (Å²) in [6.07, 6.45) is 1.60. The second kappa shape index (κ2) is 14.3. The molecule has 2 N–H and O–H groups in total. The molecule has 0 aliphatic heterocycles. The molecule has 1 heterocycles. The summed E-state index contributed by atoms with van der Waals surface area (Å²) in [6, 6.07) is 4.93. The molecule has 1 aromatic heterocycles. The van der Waals surface area contributed by atoms with Crippen LogP contribution in [0.5, 0.6) is 11.5 Å². The molecule has 0 atom stereocenters. The lowest BCUT2D eigenvalue weighted by Crippen LogP contribution is -2.38. The number of halogens is 3. The minimum Gasteiger partial charge on any atom is -0.493 e. The summed E-state index contributed by atoms with van der Waals surface area (Å²) in [5.41, 5.74) is 1.59. The van der Waals surface area contributed by atoms with Gasteiger partial charge in [-0.3, -0.25) is 0 Å². The summed E-state index contributed by atoms with van der Waals surface area (Å²) in [7, 11) is 0. The van der Waals surface area contributed by atoms with Gasteiger partial charge in [0.05, 0.1) is 23.9 Å². The molecule has 0 saturated carbocycles. The third kappa shape index (κ3) is 9.41. The van der Waals surface area contributed by atoms with Gasteiger partial charge in [0.15, 0.2) is 5.96 Å². The van der Waals surface area contributed by atoms with Gasteiger partial charge in [0.25, 0.3) is 0 Å². The molecular formula is C20H29F2IN4O2S. The molecule has 6 nitrogen and oxygen atoms in total. The summed E-state index contributed by atoms with van der Waals surface area (Å²) in [5, 5.41) is 9.47. The highest BCUT2D eigenvalue weighted by Crippen LogP contribution is 2.27. The van der Waals surface area contributed by atoms with Crippen LogP contribution in [0.2, 0.25) is 0 Å². The number of guanidine groups is 1. The number of ether oxygens (including phenoxy) is 2. The van der Waals surface area contributed by atoms with Crippen LogP contribution in [0.3, 0.4) is 0 Å². The third-order valence-corrected chi connectivity index (χ3v) is 4.64. The second-order valence-electron chi connectivity index (χ2n) is 6.23. The van der Waals surface area contributed by atoms with Crippen LogP contribution >= 0.6 is 35.3 Å². The maximum Gasteiger partial charge on any atom is 0.387 e. The fourth-order valence-corrected chi connectivity index (χ4v) is 3.17. The first-order chi connectivity index (χ1) is 14.0. The van der Waals surface area contributed by atoms with E-state index < -0.39 is 6.61 Å². The molecule has 0 aliphatic carbocycles. The Morgan fingerprint density at radius 2 is 2.07 bits per heavy atom. The second-order valence-corrected chi connectivity index (χ2v) is 7.29. The van der Waals surface area contributed by atoms with E-state index in [1.54, 1.807) is 23.5 Å². The van der Waals surface area contributed by atoms with E-state index in [0.717, 1.165) is 23.5 Å². The van der Waals surface area contributed by atoms with Gasteiger partial charge in [0, 0.05) is 36.5 Å². The highest BCUT2D eigenvalue weighted by molar-refractivity contribution is 14.0. The van der Waals surface area contributed by atoms with Crippen molar-refractivity contribution < 1.29 is 18.3 Å². The maximum absolute atomic E-state index is 12.8. The van der Waals surface area contributed by atoms with E-state index in [-0.39, 0.29) is 36.3 Å². The summed E-state index contributed by atoms with van der Waals surface area (Å²) >= 11 is 1.62. The zero-order chi connectivity index (χ0) is 21.1. The molecule has 0 radical (unpaired) electrons. The lowest BCUT2D eigenvalue weighted by Gasteiger charge is -2.14. The molecule has 2 rings (SSSR count). The Hall–Kier alpha value is -1.69. The van der Waals surface area contributed by atoms with E-state index in [1.807, 2.05) is 26.2 Å². The fourth-order valence-electron chi connectivity index (χ4n) is 2.52. The van der Waals surface area contributed by atoms with Crippen LogP contribution in [-0.2, 0) is 13.0 Å². The number of aryl methyl sites for hydroxylation is 1. The van der Waals surface area contributed by atoms with Gasteiger partial charge in [-0.1, -0.05) is 6.92 Å². The smallest absolute Gasteiger partial charge is 0.387 e. The molecule has 0 spiro atoms. The van der Waals surface area contributed by atoms with E-state index in [9.17, 15) is 8.78 Å². The van der Waals surface area contributed by atoms with Crippen molar-refractivity contribution in [2.45, 2.75) is 46.8 Å². The Labute approximate surface area is 197 Å². The van der Waals surface area contributed by atoms with E-state index >= 15 is 0 Å². The summed E-state index contributed by atoms with van der Waals surface area (Å²) in [6.45, 7) is 5.07. The molecule has 30 heavy (non-hydrogen) atoms. The van der Waals surface area contributed by atoms with Crippen molar-refractivity contribution in [2.75, 3.05) is 19.7 Å². The van der Waals surface area contributed by atoms with Gasteiger partial charge in [0.2, 0.25) is 0 Å². The number of nitrogens with one attached hydrogen (secondary N) is 2. The molecule has 10 heteroatoms. The normalized spacial score (nSPS) is 11.2. The number of hydrogen-bond donors (Lipinski definition) is 2. The standard InChI is InChI=1S/C20H28F2N4O2S.HI/c1-4-10-27-17-7-6-15(18(11-17)28-19(21)22)12-25-20(23-5-2)24-9-8-16-13-29-14(3)26-16;/h6-7,11,13,19H,4-5,8-10,12H2,1-3H3,(H2,23,24,25);1H. The third-order valence-electron chi connectivity index (χ3n) is 3.82. The highest BCUT2D eigenvalue weighted by atomic mass is 127. The number of rotatable bonds is 11. The lowest BCUT2D eigenvalue weighted by atomic mass is 10.2. The number of hydrogen-bond acceptors (Lipinski definition) is 5. The SMILES string of the molecule is CCCOc1ccc(CN=C(NCC)NCCc2csc(C)n2)c(OC(F)F)c1.I. The molecule has 0 saturated heterocycles. The Morgan fingerprint density at radius 1 is 1.27 bits per heavy atom. The van der Waals surface area contributed by atoms with Crippen LogP contribution in [0.1, 0.15) is 36.5 Å². The maximum atomic E-state index is 12.8. The van der Waals surface area contributed by atoms with Crippen LogP contribution in [0.15, 0.2) is 28.6 Å². The summed E-state index contributed by atoms with van der Waals surface area (Å²) in [5.74, 6) is 1.18. The van der Waals surface area contributed by atoms with Gasteiger partial charge in [0.1, 0.15) is 11.5 Å². The summed E-state index contributed by atoms with van der Waals surface area (Å²) in [4.78, 5) is 8.93. The van der Waals surface area contributed by atoms with Gasteiger partial charge < -0.3 is 20.1 Å². The van der Waals surface area contributed by atoms with Gasteiger partial charge in [-0.05, 0) is 32.4 Å². The molecule has 0 fully saturated rings. The van der Waals surface area contributed by atoms with Crippen molar-refractivity contribution in [1.29, 1.82) is 0 Å². The quantitative estimate of drug-likeness (QED) is 0.238. The lowest BCUT2D eigenvalue weighted by molar-refractivity contribution is -0.0505. The van der Waals surface area contributed by atoms with Crippen molar-refractivity contribution in [3.8, 4) is 11.5 Å². The number of nitrogens with zero attached hydrogens (tertiary/aromatic N) is 2. The molecule has 0 amide bonds. The minimum atomic E-state index is -2.91. The van der Waals surface area contributed by atoms with Gasteiger partial charge in [-0.25, -0.2) is 9.98 Å². The molecule has 0 bridgehead atoms. The molecule has 1 aromatic carbocycles. The average molecular weight is 554 g/mol. The number of alkyl halides is 2. The number of aliphatic imine (C=N–C) groups is 1. The predicted molar refractivity (Wildman–Crippen MR) is 128 cm³/mol. The van der Waals surface area contributed by atoms with Gasteiger partial charge in [-0.15, -0.1) is 35.3 Å². The van der Waals surface area contributed by atoms with Crippen molar-refractivity contribution in [3.05, 3.63) is 39.8 Å². The molecule has 0 aliphatic rings. The molecule has 168 valence electrons. The zero-order valence-corrected chi connectivity index (χ0v) is 20.6. The molecule has 2 aromatic rings. The van der Waals surface area contributed by atoms with Crippen LogP contribution in [-0.4, -0.2) is 37.3 Å². The van der Waals surface area contributed by atoms with E-state index in [0.29, 0.717) is 37.0 Å². The average Bonchev–Trinajstić information content (AvgIpc) is 3.10. The Morgan fingerprint density at radius 3 is 2.70 bits per heavy atom. The molecular weight excluding hydrogens is 525 g/mol. The van der Waals surface area contributed by atoms with Crippen molar-refractivity contribution in [2.24, 2.45) is 4.99 Å².